The molecule has 2 N–H and O–H groups in total. The third-order valence-corrected chi connectivity index (χ3v) is 2.29. The minimum absolute atomic E-state index is 0.298. The molecular weight excluding hydrogens is 256 g/mol. The number of carbonyl (C=O) groups excluding carboxylic acids is 2. The summed E-state index contributed by atoms with van der Waals surface area (Å²) in [7, 11) is 1.51. The Labute approximate surface area is 120 Å². The molecule has 0 aliphatic heterocycles. The van der Waals surface area contributed by atoms with Crippen LogP contribution >= 0.6 is 0 Å². The molecule has 2 amide bonds. The fourth-order valence-corrected chi connectivity index (χ4v) is 1.44. The van der Waals surface area contributed by atoms with E-state index in [1.807, 2.05) is 0 Å². The van der Waals surface area contributed by atoms with E-state index in [-0.39, 0.29) is 5.91 Å². The van der Waals surface area contributed by atoms with Crippen molar-refractivity contribution in [1.29, 1.82) is 0 Å². The summed E-state index contributed by atoms with van der Waals surface area (Å²) in [5.41, 5.74) is 0.180. The predicted octanol–water partition coefficient (Wildman–Crippen LogP) is 2.31. The molecule has 0 saturated carbocycles. The number of amides is 2. The molecule has 0 radical (unpaired) electrons. The van der Waals surface area contributed by atoms with Gasteiger partial charge in [-0.1, -0.05) is 31.4 Å². The molecular formula is C15H24N2O3. The minimum atomic E-state index is -0.723. The second kappa shape index (κ2) is 8.19. The van der Waals surface area contributed by atoms with Crippen molar-refractivity contribution in [3.8, 4) is 0 Å². The topological polar surface area (TPSA) is 67.4 Å². The number of carbonyl (C=O) groups is 2. The molecule has 1 atom stereocenters. The van der Waals surface area contributed by atoms with Gasteiger partial charge in [-0.15, -0.1) is 0 Å². The van der Waals surface area contributed by atoms with Gasteiger partial charge in [0.1, 0.15) is 11.6 Å². The van der Waals surface area contributed by atoms with E-state index in [1.165, 1.54) is 7.05 Å². The van der Waals surface area contributed by atoms with Crippen LogP contribution < -0.4 is 10.6 Å². The zero-order chi connectivity index (χ0) is 15.8. The summed E-state index contributed by atoms with van der Waals surface area (Å²) in [6, 6.07) is -0.723. The largest absolute Gasteiger partial charge is 0.444 e. The number of nitrogens with one attached hydrogen (secondary N) is 2. The van der Waals surface area contributed by atoms with Crippen LogP contribution in [0.1, 0.15) is 27.2 Å². The van der Waals surface area contributed by atoms with Crippen molar-refractivity contribution < 1.29 is 14.3 Å². The van der Waals surface area contributed by atoms with Crippen LogP contribution in [0.3, 0.4) is 0 Å². The van der Waals surface area contributed by atoms with Crippen LogP contribution in [0.2, 0.25) is 0 Å². The van der Waals surface area contributed by atoms with Crippen LogP contribution in [0.15, 0.2) is 37.0 Å². The number of rotatable bonds is 6. The summed E-state index contributed by atoms with van der Waals surface area (Å²) >= 11 is 0. The zero-order valence-electron chi connectivity index (χ0n) is 12.7. The van der Waals surface area contributed by atoms with Crippen LogP contribution in [0.4, 0.5) is 4.79 Å². The lowest BCUT2D eigenvalue weighted by Gasteiger charge is -2.23. The molecule has 0 aromatic heterocycles. The number of allylic oxidation sites excluding steroid dienone is 3. The van der Waals surface area contributed by atoms with E-state index in [9.17, 15) is 9.59 Å². The molecule has 0 fully saturated rings. The maximum atomic E-state index is 11.8. The molecule has 0 spiro atoms. The van der Waals surface area contributed by atoms with Gasteiger partial charge in [-0.25, -0.2) is 4.79 Å². The summed E-state index contributed by atoms with van der Waals surface area (Å²) in [4.78, 5) is 23.5. The molecule has 0 aromatic rings. The molecule has 0 heterocycles. The van der Waals surface area contributed by atoms with Crippen molar-refractivity contribution >= 4 is 12.0 Å². The van der Waals surface area contributed by atoms with Crippen LogP contribution in [-0.2, 0) is 9.53 Å². The van der Waals surface area contributed by atoms with Gasteiger partial charge in [-0.2, -0.15) is 0 Å². The van der Waals surface area contributed by atoms with Crippen LogP contribution in [0.5, 0.6) is 0 Å². The Kier molecular flexibility index (Phi) is 7.36. The van der Waals surface area contributed by atoms with E-state index in [4.69, 9.17) is 4.74 Å². The van der Waals surface area contributed by atoms with Gasteiger partial charge >= 0.3 is 6.09 Å². The number of hydrogen-bond donors (Lipinski definition) is 2. The highest BCUT2D eigenvalue weighted by Crippen LogP contribution is 2.10. The number of ether oxygens (including phenoxy) is 1. The van der Waals surface area contributed by atoms with E-state index in [2.05, 4.69) is 23.8 Å². The van der Waals surface area contributed by atoms with Gasteiger partial charge in [0.15, 0.2) is 0 Å². The highest BCUT2D eigenvalue weighted by atomic mass is 16.6. The first kappa shape index (κ1) is 18.0. The molecule has 1 unspecified atom stereocenters. The van der Waals surface area contributed by atoms with E-state index in [0.29, 0.717) is 6.42 Å². The van der Waals surface area contributed by atoms with Crippen molar-refractivity contribution in [3.63, 3.8) is 0 Å². The second-order valence-electron chi connectivity index (χ2n) is 5.20. The fraction of sp³-hybridized carbons (Fsp3) is 0.467. The van der Waals surface area contributed by atoms with Gasteiger partial charge in [0.2, 0.25) is 5.91 Å². The van der Waals surface area contributed by atoms with Crippen LogP contribution in [0, 0.1) is 0 Å². The molecule has 0 aliphatic rings. The molecule has 5 nitrogen and oxygen atoms in total. The first-order valence-corrected chi connectivity index (χ1v) is 6.38. The lowest BCUT2D eigenvalue weighted by molar-refractivity contribution is -0.122. The van der Waals surface area contributed by atoms with E-state index in [0.717, 1.165) is 5.57 Å². The first-order chi connectivity index (χ1) is 9.23. The molecule has 0 aromatic carbocycles. The molecule has 0 aliphatic carbocycles. The lowest BCUT2D eigenvalue weighted by Crippen LogP contribution is -2.47. The maximum Gasteiger partial charge on any atom is 0.408 e. The highest BCUT2D eigenvalue weighted by molar-refractivity contribution is 5.85. The Bertz CT molecular complexity index is 406. The predicted molar refractivity (Wildman–Crippen MR) is 80.3 cm³/mol. The van der Waals surface area contributed by atoms with Crippen molar-refractivity contribution in [1.82, 2.24) is 10.6 Å². The summed E-state index contributed by atoms with van der Waals surface area (Å²) in [6.07, 6.45) is 4.64. The normalized spacial score (nSPS) is 13.1. The Morgan fingerprint density at radius 3 is 2.30 bits per heavy atom. The summed E-state index contributed by atoms with van der Waals surface area (Å²) in [6.45, 7) is 12.5. The van der Waals surface area contributed by atoms with Crippen molar-refractivity contribution in [2.24, 2.45) is 0 Å². The standard InChI is InChI=1S/C15H24N2O3/c1-7-9-11(8-2)10-12(13(18)16-6)17-14(19)20-15(3,4)5/h7-9,12H,1-2,10H2,3-6H3,(H,16,18)(H,17,19)/b11-9+. The van der Waals surface area contributed by atoms with Crippen LogP contribution in [0.25, 0.3) is 0 Å². The van der Waals surface area contributed by atoms with E-state index in [1.54, 1.807) is 39.0 Å². The molecule has 0 rings (SSSR count). The Morgan fingerprint density at radius 1 is 1.30 bits per heavy atom. The Hall–Kier alpha value is -2.04. The number of hydrogen-bond acceptors (Lipinski definition) is 3. The smallest absolute Gasteiger partial charge is 0.408 e. The first-order valence-electron chi connectivity index (χ1n) is 6.38. The van der Waals surface area contributed by atoms with Gasteiger partial charge < -0.3 is 15.4 Å². The molecule has 0 saturated heterocycles. The maximum absolute atomic E-state index is 11.8. The third-order valence-electron chi connectivity index (χ3n) is 2.29. The van der Waals surface area contributed by atoms with Gasteiger partial charge in [0.05, 0.1) is 0 Å². The van der Waals surface area contributed by atoms with Crippen molar-refractivity contribution in [2.75, 3.05) is 7.05 Å². The SMILES string of the molecule is C=C/C=C(\C=C)CC(NC(=O)OC(C)(C)C)C(=O)NC. The summed E-state index contributed by atoms with van der Waals surface area (Å²) < 4.78 is 5.14. The summed E-state index contributed by atoms with van der Waals surface area (Å²) in [5.74, 6) is -0.298. The minimum Gasteiger partial charge on any atom is -0.444 e. The van der Waals surface area contributed by atoms with Crippen LogP contribution in [-0.4, -0.2) is 30.7 Å². The third kappa shape index (κ3) is 7.41. The van der Waals surface area contributed by atoms with Gasteiger partial charge in [-0.3, -0.25) is 4.79 Å². The fourth-order valence-electron chi connectivity index (χ4n) is 1.44. The quantitative estimate of drug-likeness (QED) is 0.734. The van der Waals surface area contributed by atoms with Crippen molar-refractivity contribution in [2.45, 2.75) is 38.8 Å². The molecule has 0 bridgehead atoms. The summed E-state index contributed by atoms with van der Waals surface area (Å²) in [5, 5.41) is 5.06. The van der Waals surface area contributed by atoms with Gasteiger partial charge in [0.25, 0.3) is 0 Å². The number of likely N-dealkylation sites (N-methyl/N-ethyl adjacent to an activating group) is 1. The average molecular weight is 280 g/mol. The lowest BCUT2D eigenvalue weighted by atomic mass is 10.1. The Morgan fingerprint density at radius 2 is 1.90 bits per heavy atom. The molecule has 20 heavy (non-hydrogen) atoms. The Balaban J connectivity index is 4.86. The monoisotopic (exact) mass is 280 g/mol. The second-order valence-corrected chi connectivity index (χ2v) is 5.20. The zero-order valence-corrected chi connectivity index (χ0v) is 12.7. The van der Waals surface area contributed by atoms with Gasteiger partial charge in [0, 0.05) is 13.5 Å². The molecule has 5 heteroatoms. The average Bonchev–Trinajstić information content (AvgIpc) is 2.33. The van der Waals surface area contributed by atoms with E-state index < -0.39 is 17.7 Å². The van der Waals surface area contributed by atoms with Crippen molar-refractivity contribution in [3.05, 3.63) is 37.0 Å². The number of alkyl carbamates (subject to hydrolysis) is 1. The highest BCUT2D eigenvalue weighted by Gasteiger charge is 2.23. The molecule has 112 valence electrons. The van der Waals surface area contributed by atoms with E-state index >= 15 is 0 Å². The van der Waals surface area contributed by atoms with Gasteiger partial charge in [-0.05, 0) is 26.3 Å².